The van der Waals surface area contributed by atoms with Crippen LogP contribution in [0.5, 0.6) is 0 Å². The first-order valence-corrected chi connectivity index (χ1v) is 6.61. The zero-order valence-electron chi connectivity index (χ0n) is 11.8. The molecule has 0 aliphatic carbocycles. The summed E-state index contributed by atoms with van der Waals surface area (Å²) in [5.74, 6) is -1.25. The summed E-state index contributed by atoms with van der Waals surface area (Å²) in [4.78, 5) is 24.3. The van der Waals surface area contributed by atoms with Crippen LogP contribution in [0.15, 0.2) is 0 Å². The van der Waals surface area contributed by atoms with E-state index >= 15 is 0 Å². The van der Waals surface area contributed by atoms with Crippen LogP contribution in [0, 0.1) is 0 Å². The van der Waals surface area contributed by atoms with Gasteiger partial charge in [-0.3, -0.25) is 0 Å². The number of piperidine rings is 1. The van der Waals surface area contributed by atoms with E-state index in [-0.39, 0.29) is 12.5 Å². The van der Waals surface area contributed by atoms with Crippen molar-refractivity contribution in [1.82, 2.24) is 4.90 Å². The first kappa shape index (κ1) is 15.8. The zero-order valence-corrected chi connectivity index (χ0v) is 11.8. The van der Waals surface area contributed by atoms with Crippen molar-refractivity contribution in [3.05, 3.63) is 0 Å². The van der Waals surface area contributed by atoms with Crippen LogP contribution in [0.25, 0.3) is 0 Å². The van der Waals surface area contributed by atoms with Crippen molar-refractivity contribution in [2.45, 2.75) is 64.2 Å². The fourth-order valence-electron chi connectivity index (χ4n) is 2.17. The number of carbonyl (C=O) groups is 2. The fourth-order valence-corrected chi connectivity index (χ4v) is 2.17. The molecule has 1 aliphatic heterocycles. The number of aliphatic hydroxyl groups excluding tert-OH is 1. The van der Waals surface area contributed by atoms with Gasteiger partial charge in [0.25, 0.3) is 0 Å². The predicted octanol–water partition coefficient (Wildman–Crippen LogP) is 1.61. The summed E-state index contributed by atoms with van der Waals surface area (Å²) in [5, 5.41) is 18.2. The molecular weight excluding hydrogens is 250 g/mol. The number of aliphatic carboxylic acids is 1. The molecule has 0 spiro atoms. The van der Waals surface area contributed by atoms with E-state index in [1.54, 1.807) is 25.7 Å². The third-order valence-corrected chi connectivity index (χ3v) is 3.04. The molecule has 2 unspecified atom stereocenters. The number of nitrogens with zero attached hydrogens (tertiary/aromatic N) is 1. The Kier molecular flexibility index (Phi) is 5.17. The highest BCUT2D eigenvalue weighted by Gasteiger charge is 2.32. The van der Waals surface area contributed by atoms with Crippen molar-refractivity contribution >= 4 is 12.1 Å². The second-order valence-corrected chi connectivity index (χ2v) is 5.91. The molecule has 6 heteroatoms. The van der Waals surface area contributed by atoms with Crippen LogP contribution in [-0.4, -0.2) is 51.5 Å². The highest BCUT2D eigenvalue weighted by molar-refractivity contribution is 5.72. The van der Waals surface area contributed by atoms with Crippen LogP contribution in [0.4, 0.5) is 4.79 Å². The first-order chi connectivity index (χ1) is 8.70. The van der Waals surface area contributed by atoms with Gasteiger partial charge in [0.1, 0.15) is 5.60 Å². The lowest BCUT2D eigenvalue weighted by atomic mass is 9.97. The number of carboxylic acids is 1. The van der Waals surface area contributed by atoms with Crippen LogP contribution in [-0.2, 0) is 9.53 Å². The minimum Gasteiger partial charge on any atom is -0.479 e. The van der Waals surface area contributed by atoms with Gasteiger partial charge < -0.3 is 19.8 Å². The van der Waals surface area contributed by atoms with Gasteiger partial charge in [-0.25, -0.2) is 9.59 Å². The Morgan fingerprint density at radius 3 is 2.53 bits per heavy atom. The van der Waals surface area contributed by atoms with Crippen LogP contribution < -0.4 is 0 Å². The molecule has 6 nitrogen and oxygen atoms in total. The summed E-state index contributed by atoms with van der Waals surface area (Å²) in [6, 6.07) is -0.269. The van der Waals surface area contributed by atoms with Gasteiger partial charge in [0.05, 0.1) is 0 Å². The Hall–Kier alpha value is -1.30. The highest BCUT2D eigenvalue weighted by atomic mass is 16.6. The highest BCUT2D eigenvalue weighted by Crippen LogP contribution is 2.23. The van der Waals surface area contributed by atoms with Gasteiger partial charge in [-0.2, -0.15) is 0 Å². The molecule has 110 valence electrons. The summed E-state index contributed by atoms with van der Waals surface area (Å²) in [7, 11) is 0. The van der Waals surface area contributed by atoms with Crippen LogP contribution in [0.1, 0.15) is 46.5 Å². The van der Waals surface area contributed by atoms with Crippen molar-refractivity contribution in [2.24, 2.45) is 0 Å². The van der Waals surface area contributed by atoms with Gasteiger partial charge in [-0.1, -0.05) is 0 Å². The number of rotatable bonds is 3. The third kappa shape index (κ3) is 5.06. The van der Waals surface area contributed by atoms with Crippen molar-refractivity contribution in [1.29, 1.82) is 0 Å². The molecule has 0 radical (unpaired) electrons. The molecule has 1 saturated heterocycles. The Bertz CT molecular complexity index is 336. The lowest BCUT2D eigenvalue weighted by Gasteiger charge is -2.37. The van der Waals surface area contributed by atoms with Crippen LogP contribution in [0.3, 0.4) is 0 Å². The standard InChI is InChI=1S/C13H23NO5/c1-13(2,3)19-12(18)14-7-5-4-6-9(14)8-10(15)11(16)17/h9-10,15H,4-8H2,1-3H3,(H,16,17). The number of amides is 1. The normalized spacial score (nSPS) is 21.9. The van der Waals surface area contributed by atoms with Gasteiger partial charge in [0, 0.05) is 19.0 Å². The van der Waals surface area contributed by atoms with Gasteiger partial charge in [0.2, 0.25) is 0 Å². The Balaban J connectivity index is 2.67. The van der Waals surface area contributed by atoms with Crippen molar-refractivity contribution < 1.29 is 24.5 Å². The number of ether oxygens (including phenoxy) is 1. The number of hydrogen-bond donors (Lipinski definition) is 2. The van der Waals surface area contributed by atoms with Crippen molar-refractivity contribution in [2.75, 3.05) is 6.54 Å². The average molecular weight is 273 g/mol. The molecule has 2 N–H and O–H groups in total. The van der Waals surface area contributed by atoms with E-state index in [1.165, 1.54) is 0 Å². The Labute approximate surface area is 113 Å². The maximum atomic E-state index is 12.1. The monoisotopic (exact) mass is 273 g/mol. The van der Waals surface area contributed by atoms with Crippen molar-refractivity contribution in [3.63, 3.8) is 0 Å². The molecule has 0 aromatic carbocycles. The zero-order chi connectivity index (χ0) is 14.6. The van der Waals surface area contributed by atoms with E-state index in [0.29, 0.717) is 13.0 Å². The van der Waals surface area contributed by atoms with E-state index in [0.717, 1.165) is 12.8 Å². The van der Waals surface area contributed by atoms with E-state index in [1.807, 2.05) is 0 Å². The molecule has 0 saturated carbocycles. The Morgan fingerprint density at radius 2 is 2.00 bits per heavy atom. The van der Waals surface area contributed by atoms with E-state index in [2.05, 4.69) is 0 Å². The largest absolute Gasteiger partial charge is 0.479 e. The first-order valence-electron chi connectivity index (χ1n) is 6.61. The van der Waals surface area contributed by atoms with Crippen LogP contribution >= 0.6 is 0 Å². The fraction of sp³-hybridized carbons (Fsp3) is 0.846. The minimum atomic E-state index is -1.44. The average Bonchev–Trinajstić information content (AvgIpc) is 2.27. The van der Waals surface area contributed by atoms with Gasteiger partial charge in [-0.15, -0.1) is 0 Å². The number of carboxylic acid groups (broad SMARTS) is 1. The summed E-state index contributed by atoms with van der Waals surface area (Å²) in [6.45, 7) is 5.91. The number of likely N-dealkylation sites (tertiary alicyclic amines) is 1. The predicted molar refractivity (Wildman–Crippen MR) is 68.8 cm³/mol. The smallest absolute Gasteiger partial charge is 0.410 e. The topological polar surface area (TPSA) is 87.1 Å². The molecule has 1 amide bonds. The summed E-state index contributed by atoms with van der Waals surface area (Å²) < 4.78 is 5.31. The molecule has 1 aliphatic rings. The molecular formula is C13H23NO5. The molecule has 19 heavy (non-hydrogen) atoms. The van der Waals surface area contributed by atoms with Gasteiger partial charge in [0.15, 0.2) is 6.10 Å². The molecule has 1 fully saturated rings. The molecule has 0 aromatic heterocycles. The molecule has 2 atom stereocenters. The maximum absolute atomic E-state index is 12.1. The second kappa shape index (κ2) is 6.23. The SMILES string of the molecule is CC(C)(C)OC(=O)N1CCCCC1CC(O)C(=O)O. The Morgan fingerprint density at radius 1 is 1.37 bits per heavy atom. The van der Waals surface area contributed by atoms with Crippen LogP contribution in [0.2, 0.25) is 0 Å². The lowest BCUT2D eigenvalue weighted by molar-refractivity contribution is -0.147. The van der Waals surface area contributed by atoms with E-state index in [9.17, 15) is 14.7 Å². The van der Waals surface area contributed by atoms with Crippen molar-refractivity contribution in [3.8, 4) is 0 Å². The molecule has 1 rings (SSSR count). The maximum Gasteiger partial charge on any atom is 0.410 e. The quantitative estimate of drug-likeness (QED) is 0.815. The lowest BCUT2D eigenvalue weighted by Crippen LogP contribution is -2.48. The molecule has 0 bridgehead atoms. The summed E-state index contributed by atoms with van der Waals surface area (Å²) in [6.07, 6.45) is 0.677. The summed E-state index contributed by atoms with van der Waals surface area (Å²) in [5.41, 5.74) is -0.579. The number of aliphatic hydroxyl groups is 1. The molecule has 0 aromatic rings. The minimum absolute atomic E-state index is 0.0502. The van der Waals surface area contributed by atoms with E-state index in [4.69, 9.17) is 9.84 Å². The third-order valence-electron chi connectivity index (χ3n) is 3.04. The number of hydrogen-bond acceptors (Lipinski definition) is 4. The van der Waals surface area contributed by atoms with Gasteiger partial charge >= 0.3 is 12.1 Å². The second-order valence-electron chi connectivity index (χ2n) is 5.91. The van der Waals surface area contributed by atoms with E-state index < -0.39 is 23.8 Å². The summed E-state index contributed by atoms with van der Waals surface area (Å²) >= 11 is 0. The number of carbonyl (C=O) groups excluding carboxylic acids is 1. The molecule has 1 heterocycles. The van der Waals surface area contributed by atoms with Gasteiger partial charge in [-0.05, 0) is 40.0 Å².